The molecule has 0 saturated heterocycles. The molecule has 4 nitrogen and oxygen atoms in total. The fraction of sp³-hybridized carbons (Fsp3) is 0. The van der Waals surface area contributed by atoms with Crippen LogP contribution in [0.15, 0.2) is 0 Å². The van der Waals surface area contributed by atoms with Gasteiger partial charge in [-0.15, -0.1) is 0 Å². The minimum atomic E-state index is -0.699. The summed E-state index contributed by atoms with van der Waals surface area (Å²) in [5.74, 6) is -0.699. The van der Waals surface area contributed by atoms with E-state index in [1.165, 1.54) is 0 Å². The lowest BCUT2D eigenvalue weighted by Gasteiger charge is -1.80. The van der Waals surface area contributed by atoms with E-state index in [-0.39, 0.29) is 6.41 Å². The van der Waals surface area contributed by atoms with Crippen LogP contribution in [0.1, 0.15) is 0 Å². The first-order valence-electron chi connectivity index (χ1n) is 1.56. The Morgan fingerprint density at radius 1 is 1.71 bits per heavy atom. The molecular formula is C3H4N2O2. The zero-order valence-electron chi connectivity index (χ0n) is 3.47. The SMILES string of the molecule is N=CC(=O)NC=O. The molecule has 0 aromatic carbocycles. The van der Waals surface area contributed by atoms with Crippen molar-refractivity contribution in [1.29, 1.82) is 5.41 Å². The first kappa shape index (κ1) is 5.81. The van der Waals surface area contributed by atoms with Crippen molar-refractivity contribution in [3.05, 3.63) is 0 Å². The third kappa shape index (κ3) is 2.62. The smallest absolute Gasteiger partial charge is 0.268 e. The van der Waals surface area contributed by atoms with Crippen molar-refractivity contribution >= 4 is 18.5 Å². The molecule has 0 aliphatic carbocycles. The quantitative estimate of drug-likeness (QED) is 0.342. The molecule has 0 fully saturated rings. The summed E-state index contributed by atoms with van der Waals surface area (Å²) in [6.07, 6.45) is 0.752. The van der Waals surface area contributed by atoms with Crippen LogP contribution in [-0.4, -0.2) is 18.5 Å². The van der Waals surface area contributed by atoms with Crippen LogP contribution in [0.5, 0.6) is 0 Å². The van der Waals surface area contributed by atoms with Crippen molar-refractivity contribution in [3.8, 4) is 0 Å². The molecule has 0 aliphatic heterocycles. The molecule has 0 atom stereocenters. The summed E-state index contributed by atoms with van der Waals surface area (Å²) in [7, 11) is 0. The molecular weight excluding hydrogens is 96.0 g/mol. The highest BCUT2D eigenvalue weighted by molar-refractivity contribution is 6.27. The second kappa shape index (κ2) is 3.02. The van der Waals surface area contributed by atoms with E-state index in [9.17, 15) is 9.59 Å². The predicted octanol–water partition coefficient (Wildman–Crippen LogP) is -1.09. The van der Waals surface area contributed by atoms with E-state index < -0.39 is 5.91 Å². The van der Waals surface area contributed by atoms with Crippen molar-refractivity contribution < 1.29 is 9.59 Å². The normalized spacial score (nSPS) is 6.86. The molecule has 0 aromatic rings. The Kier molecular flexibility index (Phi) is 2.50. The van der Waals surface area contributed by atoms with Gasteiger partial charge < -0.3 is 5.41 Å². The van der Waals surface area contributed by atoms with Crippen molar-refractivity contribution in [3.63, 3.8) is 0 Å². The van der Waals surface area contributed by atoms with Gasteiger partial charge in [-0.25, -0.2) is 0 Å². The number of carbonyl (C=O) groups is 2. The molecule has 0 aromatic heterocycles. The Labute approximate surface area is 40.0 Å². The maximum atomic E-state index is 9.83. The summed E-state index contributed by atoms with van der Waals surface area (Å²) < 4.78 is 0. The third-order valence-electron chi connectivity index (χ3n) is 0.332. The van der Waals surface area contributed by atoms with Gasteiger partial charge in [0, 0.05) is 0 Å². The van der Waals surface area contributed by atoms with Crippen LogP contribution in [0, 0.1) is 5.41 Å². The maximum absolute atomic E-state index is 9.83. The van der Waals surface area contributed by atoms with E-state index in [4.69, 9.17) is 5.41 Å². The Balaban J connectivity index is 3.36. The Morgan fingerprint density at radius 3 is 2.43 bits per heavy atom. The van der Waals surface area contributed by atoms with Gasteiger partial charge in [0.25, 0.3) is 5.91 Å². The highest BCUT2D eigenvalue weighted by Gasteiger charge is 1.85. The summed E-state index contributed by atoms with van der Waals surface area (Å²) in [5, 5.41) is 7.95. The highest BCUT2D eigenvalue weighted by Crippen LogP contribution is 1.46. The topological polar surface area (TPSA) is 70.0 Å². The van der Waals surface area contributed by atoms with E-state index in [2.05, 4.69) is 0 Å². The molecule has 2 N–H and O–H groups in total. The lowest BCUT2D eigenvalue weighted by atomic mass is 10.7. The van der Waals surface area contributed by atoms with E-state index in [1.54, 1.807) is 5.32 Å². The molecule has 0 radical (unpaired) electrons. The molecule has 2 amide bonds. The number of carbonyl (C=O) groups excluding carboxylic acids is 2. The molecule has 0 rings (SSSR count). The zero-order valence-corrected chi connectivity index (χ0v) is 3.47. The van der Waals surface area contributed by atoms with Crippen LogP contribution in [0.3, 0.4) is 0 Å². The maximum Gasteiger partial charge on any atom is 0.268 e. The van der Waals surface area contributed by atoms with E-state index in [0.717, 1.165) is 0 Å². The highest BCUT2D eigenvalue weighted by atomic mass is 16.2. The van der Waals surface area contributed by atoms with Gasteiger partial charge in [-0.3, -0.25) is 14.9 Å². The summed E-state index contributed by atoms with van der Waals surface area (Å²) in [6, 6.07) is 0. The molecule has 0 aliphatic rings. The number of imide groups is 1. The summed E-state index contributed by atoms with van der Waals surface area (Å²) in [5.41, 5.74) is 0. The summed E-state index contributed by atoms with van der Waals surface area (Å²) in [4.78, 5) is 19.2. The largest absolute Gasteiger partial charge is 0.303 e. The summed E-state index contributed by atoms with van der Waals surface area (Å²) >= 11 is 0. The first-order chi connectivity index (χ1) is 3.31. The minimum Gasteiger partial charge on any atom is -0.303 e. The zero-order chi connectivity index (χ0) is 5.70. The fourth-order valence-corrected chi connectivity index (χ4v) is 0.0997. The second-order valence-corrected chi connectivity index (χ2v) is 0.771. The van der Waals surface area contributed by atoms with E-state index in [1.807, 2.05) is 0 Å². The molecule has 38 valence electrons. The Hall–Kier alpha value is -1.19. The molecule has 0 heterocycles. The van der Waals surface area contributed by atoms with Crippen molar-refractivity contribution in [1.82, 2.24) is 5.32 Å². The van der Waals surface area contributed by atoms with Gasteiger partial charge in [-0.2, -0.15) is 0 Å². The van der Waals surface area contributed by atoms with Gasteiger partial charge in [0.15, 0.2) is 0 Å². The van der Waals surface area contributed by atoms with Gasteiger partial charge >= 0.3 is 0 Å². The molecule has 4 heteroatoms. The molecule has 0 bridgehead atoms. The summed E-state index contributed by atoms with van der Waals surface area (Å²) in [6.45, 7) is 0. The predicted molar refractivity (Wildman–Crippen MR) is 23.0 cm³/mol. The number of rotatable bonds is 2. The van der Waals surface area contributed by atoms with Gasteiger partial charge in [0.05, 0.1) is 6.21 Å². The van der Waals surface area contributed by atoms with Crippen LogP contribution < -0.4 is 5.32 Å². The van der Waals surface area contributed by atoms with Crippen LogP contribution in [0.4, 0.5) is 0 Å². The van der Waals surface area contributed by atoms with Gasteiger partial charge in [0.1, 0.15) is 0 Å². The lowest BCUT2D eigenvalue weighted by molar-refractivity contribution is -0.120. The number of hydrogen-bond donors (Lipinski definition) is 2. The first-order valence-corrected chi connectivity index (χ1v) is 1.56. The molecule has 0 saturated carbocycles. The Bertz CT molecular complexity index is 99.1. The van der Waals surface area contributed by atoms with Crippen LogP contribution in [-0.2, 0) is 9.59 Å². The number of nitrogens with one attached hydrogen (secondary N) is 2. The van der Waals surface area contributed by atoms with Gasteiger partial charge in [-0.1, -0.05) is 0 Å². The molecule has 7 heavy (non-hydrogen) atoms. The molecule has 0 spiro atoms. The number of hydrogen-bond acceptors (Lipinski definition) is 3. The number of amides is 2. The van der Waals surface area contributed by atoms with Gasteiger partial charge in [0.2, 0.25) is 6.41 Å². The van der Waals surface area contributed by atoms with Crippen molar-refractivity contribution in [2.45, 2.75) is 0 Å². The minimum absolute atomic E-state index is 0.230. The monoisotopic (exact) mass is 100 g/mol. The van der Waals surface area contributed by atoms with Gasteiger partial charge in [-0.05, 0) is 0 Å². The average Bonchev–Trinajstić information content (AvgIpc) is 1.68. The van der Waals surface area contributed by atoms with Crippen molar-refractivity contribution in [2.24, 2.45) is 0 Å². The van der Waals surface area contributed by atoms with Crippen LogP contribution in [0.2, 0.25) is 0 Å². The second-order valence-electron chi connectivity index (χ2n) is 0.771. The van der Waals surface area contributed by atoms with Crippen LogP contribution >= 0.6 is 0 Å². The standard InChI is InChI=1S/C3H4N2O2/c4-1-3(7)5-2-6/h1-2,4H,(H,5,6,7). The average molecular weight is 100 g/mol. The lowest BCUT2D eigenvalue weighted by Crippen LogP contribution is -2.21. The molecule has 0 unspecified atom stereocenters. The van der Waals surface area contributed by atoms with E-state index in [0.29, 0.717) is 6.21 Å². The van der Waals surface area contributed by atoms with Crippen LogP contribution in [0.25, 0.3) is 0 Å². The Morgan fingerprint density at radius 2 is 2.29 bits per heavy atom. The van der Waals surface area contributed by atoms with Crippen molar-refractivity contribution in [2.75, 3.05) is 0 Å². The third-order valence-corrected chi connectivity index (χ3v) is 0.332. The van der Waals surface area contributed by atoms with E-state index >= 15 is 0 Å². The fourth-order valence-electron chi connectivity index (χ4n) is 0.0997.